The molecule has 1 aromatic heterocycles. The van der Waals surface area contributed by atoms with Crippen LogP contribution in [0.5, 0.6) is 0 Å². The van der Waals surface area contributed by atoms with E-state index in [2.05, 4.69) is 31.5 Å². The predicted octanol–water partition coefficient (Wildman–Crippen LogP) is 3.59. The monoisotopic (exact) mass is 313 g/mol. The zero-order valence-corrected chi connectivity index (χ0v) is 11.9. The first-order valence-electron chi connectivity index (χ1n) is 5.18. The Morgan fingerprint density at radius 3 is 2.94 bits per heavy atom. The van der Waals surface area contributed by atoms with Crippen LogP contribution in [-0.4, -0.2) is 17.1 Å². The smallest absolute Gasteiger partial charge is 0.321 e. The molecule has 0 aliphatic rings. The highest BCUT2D eigenvalue weighted by Crippen LogP contribution is 2.28. The van der Waals surface area contributed by atoms with E-state index in [1.54, 1.807) is 0 Å². The van der Waals surface area contributed by atoms with Crippen LogP contribution in [0.4, 0.5) is 9.93 Å². The molecule has 0 saturated heterocycles. The van der Waals surface area contributed by atoms with Crippen LogP contribution in [0.25, 0.3) is 10.2 Å². The fourth-order valence-corrected chi connectivity index (χ4v) is 2.76. The van der Waals surface area contributed by atoms with Gasteiger partial charge in [-0.3, -0.25) is 5.32 Å². The van der Waals surface area contributed by atoms with E-state index < -0.39 is 0 Å². The summed E-state index contributed by atoms with van der Waals surface area (Å²) in [5, 5.41) is 6.09. The van der Waals surface area contributed by atoms with Gasteiger partial charge < -0.3 is 5.32 Å². The summed E-state index contributed by atoms with van der Waals surface area (Å²) >= 11 is 4.86. The Morgan fingerprint density at radius 2 is 2.24 bits per heavy atom. The van der Waals surface area contributed by atoms with Crippen molar-refractivity contribution >= 4 is 48.6 Å². The largest absolute Gasteiger partial charge is 0.336 e. The molecule has 0 aliphatic heterocycles. The molecule has 2 aromatic rings. The molecule has 2 amide bonds. The van der Waals surface area contributed by atoms with Gasteiger partial charge in [0.15, 0.2) is 5.13 Å². The molecule has 4 nitrogen and oxygen atoms in total. The zero-order valence-electron chi connectivity index (χ0n) is 9.45. The van der Waals surface area contributed by atoms with Crippen LogP contribution in [-0.2, 0) is 0 Å². The molecule has 1 heterocycles. The number of benzene rings is 1. The second-order valence-corrected chi connectivity index (χ2v) is 5.83. The summed E-state index contributed by atoms with van der Waals surface area (Å²) in [6, 6.07) is 5.72. The van der Waals surface area contributed by atoms with Crippen molar-refractivity contribution in [2.75, 3.05) is 5.32 Å². The summed E-state index contributed by atoms with van der Waals surface area (Å²) in [5.74, 6) is 0. The Bertz CT molecular complexity index is 553. The number of anilines is 1. The molecule has 17 heavy (non-hydrogen) atoms. The van der Waals surface area contributed by atoms with E-state index in [0.717, 1.165) is 14.7 Å². The number of amides is 2. The second kappa shape index (κ2) is 5.01. The minimum atomic E-state index is -0.224. The number of thiazole rings is 1. The number of fused-ring (bicyclic) bond motifs is 1. The van der Waals surface area contributed by atoms with E-state index in [1.807, 2.05) is 32.0 Å². The van der Waals surface area contributed by atoms with Gasteiger partial charge in [-0.05, 0) is 32.0 Å². The molecule has 2 N–H and O–H groups in total. The van der Waals surface area contributed by atoms with Gasteiger partial charge in [-0.15, -0.1) is 0 Å². The molecule has 0 aliphatic carbocycles. The Kier molecular flexibility index (Phi) is 3.63. The summed E-state index contributed by atoms with van der Waals surface area (Å²) in [7, 11) is 0. The van der Waals surface area contributed by atoms with Crippen molar-refractivity contribution in [2.45, 2.75) is 19.9 Å². The average Bonchev–Trinajstić information content (AvgIpc) is 2.57. The quantitative estimate of drug-likeness (QED) is 0.890. The number of carbonyl (C=O) groups is 1. The summed E-state index contributed by atoms with van der Waals surface area (Å²) in [6.07, 6.45) is 0. The molecular formula is C11H12BrN3OS. The lowest BCUT2D eigenvalue weighted by atomic mass is 10.3. The molecule has 0 atom stereocenters. The van der Waals surface area contributed by atoms with Crippen molar-refractivity contribution < 1.29 is 4.79 Å². The number of rotatable bonds is 2. The normalized spacial score (nSPS) is 10.8. The first-order valence-corrected chi connectivity index (χ1v) is 6.79. The van der Waals surface area contributed by atoms with Crippen LogP contribution in [0.2, 0.25) is 0 Å². The molecule has 0 fully saturated rings. The summed E-state index contributed by atoms with van der Waals surface area (Å²) in [6.45, 7) is 3.82. The highest BCUT2D eigenvalue weighted by atomic mass is 79.9. The van der Waals surface area contributed by atoms with Crippen LogP contribution in [0.1, 0.15) is 13.8 Å². The maximum atomic E-state index is 11.5. The second-order valence-electron chi connectivity index (χ2n) is 3.88. The number of aromatic nitrogens is 1. The number of hydrogen-bond acceptors (Lipinski definition) is 3. The van der Waals surface area contributed by atoms with E-state index in [1.165, 1.54) is 11.3 Å². The number of hydrogen-bond donors (Lipinski definition) is 2. The number of urea groups is 1. The Balaban J connectivity index is 2.17. The van der Waals surface area contributed by atoms with Crippen molar-refractivity contribution in [2.24, 2.45) is 0 Å². The van der Waals surface area contributed by atoms with Gasteiger partial charge in [0.25, 0.3) is 0 Å². The maximum absolute atomic E-state index is 11.5. The fraction of sp³-hybridized carbons (Fsp3) is 0.273. The zero-order chi connectivity index (χ0) is 12.4. The molecule has 1 aromatic carbocycles. The molecule has 2 rings (SSSR count). The lowest BCUT2D eigenvalue weighted by Gasteiger charge is -2.07. The molecule has 90 valence electrons. The summed E-state index contributed by atoms with van der Waals surface area (Å²) in [4.78, 5) is 15.8. The molecular weight excluding hydrogens is 302 g/mol. The molecule has 0 radical (unpaired) electrons. The highest BCUT2D eigenvalue weighted by Gasteiger charge is 2.08. The lowest BCUT2D eigenvalue weighted by Crippen LogP contribution is -2.34. The topological polar surface area (TPSA) is 54.0 Å². The van der Waals surface area contributed by atoms with Gasteiger partial charge in [0, 0.05) is 10.5 Å². The minimum absolute atomic E-state index is 0.110. The SMILES string of the molecule is CC(C)NC(=O)Nc1nc2ccc(Br)cc2s1. The van der Waals surface area contributed by atoms with Crippen LogP contribution in [0.15, 0.2) is 22.7 Å². The number of nitrogens with zero attached hydrogens (tertiary/aromatic N) is 1. The average molecular weight is 314 g/mol. The van der Waals surface area contributed by atoms with Crippen molar-refractivity contribution in [3.8, 4) is 0 Å². The fourth-order valence-electron chi connectivity index (χ4n) is 1.35. The number of nitrogens with one attached hydrogen (secondary N) is 2. The molecule has 0 spiro atoms. The lowest BCUT2D eigenvalue weighted by molar-refractivity contribution is 0.250. The van der Waals surface area contributed by atoms with Gasteiger partial charge in [-0.2, -0.15) is 0 Å². The Hall–Kier alpha value is -1.14. The molecule has 0 unspecified atom stereocenters. The van der Waals surface area contributed by atoms with Gasteiger partial charge in [0.1, 0.15) is 0 Å². The van der Waals surface area contributed by atoms with Gasteiger partial charge in [0.05, 0.1) is 10.2 Å². The number of carbonyl (C=O) groups excluding carboxylic acids is 1. The van der Waals surface area contributed by atoms with Crippen LogP contribution >= 0.6 is 27.3 Å². The van der Waals surface area contributed by atoms with E-state index >= 15 is 0 Å². The van der Waals surface area contributed by atoms with Crippen LogP contribution in [0, 0.1) is 0 Å². The first-order chi connectivity index (χ1) is 8.04. The van der Waals surface area contributed by atoms with Crippen LogP contribution in [0.3, 0.4) is 0 Å². The Morgan fingerprint density at radius 1 is 1.47 bits per heavy atom. The van der Waals surface area contributed by atoms with Crippen molar-refractivity contribution in [3.63, 3.8) is 0 Å². The molecule has 6 heteroatoms. The van der Waals surface area contributed by atoms with Crippen molar-refractivity contribution in [1.29, 1.82) is 0 Å². The van der Waals surface area contributed by atoms with Gasteiger partial charge in [-0.1, -0.05) is 27.3 Å². The highest BCUT2D eigenvalue weighted by molar-refractivity contribution is 9.10. The number of halogens is 1. The van der Waals surface area contributed by atoms with E-state index in [0.29, 0.717) is 5.13 Å². The third-order valence-corrected chi connectivity index (χ3v) is 3.42. The third kappa shape index (κ3) is 3.17. The predicted molar refractivity (Wildman–Crippen MR) is 74.6 cm³/mol. The van der Waals surface area contributed by atoms with Crippen molar-refractivity contribution in [1.82, 2.24) is 10.3 Å². The Labute approximate surface area is 112 Å². The van der Waals surface area contributed by atoms with Gasteiger partial charge in [0.2, 0.25) is 0 Å². The maximum Gasteiger partial charge on any atom is 0.321 e. The van der Waals surface area contributed by atoms with E-state index in [-0.39, 0.29) is 12.1 Å². The third-order valence-electron chi connectivity index (χ3n) is 1.99. The summed E-state index contributed by atoms with van der Waals surface area (Å²) < 4.78 is 2.05. The standard InChI is InChI=1S/C11H12BrN3OS/c1-6(2)13-10(16)15-11-14-8-4-3-7(12)5-9(8)17-11/h3-6H,1-2H3,(H2,13,14,15,16). The molecule has 0 bridgehead atoms. The van der Waals surface area contributed by atoms with Crippen LogP contribution < -0.4 is 10.6 Å². The van der Waals surface area contributed by atoms with Gasteiger partial charge >= 0.3 is 6.03 Å². The minimum Gasteiger partial charge on any atom is -0.336 e. The summed E-state index contributed by atoms with van der Waals surface area (Å²) in [5.41, 5.74) is 0.887. The van der Waals surface area contributed by atoms with E-state index in [4.69, 9.17) is 0 Å². The van der Waals surface area contributed by atoms with Crippen molar-refractivity contribution in [3.05, 3.63) is 22.7 Å². The molecule has 0 saturated carbocycles. The first kappa shape index (κ1) is 12.3. The van der Waals surface area contributed by atoms with E-state index in [9.17, 15) is 4.79 Å². The van der Waals surface area contributed by atoms with Gasteiger partial charge in [-0.25, -0.2) is 9.78 Å².